The molecule has 0 unspecified atom stereocenters. The lowest BCUT2D eigenvalue weighted by atomic mass is 9.77. The summed E-state index contributed by atoms with van der Waals surface area (Å²) in [6, 6.07) is 4.13. The van der Waals surface area contributed by atoms with Crippen LogP contribution in [0.25, 0.3) is 0 Å². The number of methoxy groups -OCH3 is 1. The quantitative estimate of drug-likeness (QED) is 0.435. The van der Waals surface area contributed by atoms with Crippen LogP contribution in [0.3, 0.4) is 0 Å². The van der Waals surface area contributed by atoms with Gasteiger partial charge in [0.05, 0.1) is 25.0 Å². The molecule has 2 fully saturated rings. The van der Waals surface area contributed by atoms with E-state index in [1.54, 1.807) is 7.11 Å². The average Bonchev–Trinajstić information content (AvgIpc) is 3.50. The van der Waals surface area contributed by atoms with Gasteiger partial charge in [0.25, 0.3) is 0 Å². The van der Waals surface area contributed by atoms with Gasteiger partial charge in [-0.15, -0.1) is 0 Å². The van der Waals surface area contributed by atoms with Crippen LogP contribution in [0.4, 0.5) is 0 Å². The number of fused-ring (bicyclic) bond motifs is 3. The summed E-state index contributed by atoms with van der Waals surface area (Å²) in [6.07, 6.45) is 8.64. The van der Waals surface area contributed by atoms with Crippen molar-refractivity contribution in [3.05, 3.63) is 47.2 Å². The molecule has 8 nitrogen and oxygen atoms in total. The molecule has 4 aliphatic heterocycles. The van der Waals surface area contributed by atoms with Crippen LogP contribution in [0.1, 0.15) is 63.5 Å². The average molecular weight is 510 g/mol. The fraction of sp³-hybridized carbons (Fsp3) is 0.586. The number of rotatable bonds is 5. The van der Waals surface area contributed by atoms with E-state index < -0.39 is 17.7 Å². The van der Waals surface area contributed by atoms with Crippen LogP contribution in [0, 0.1) is 5.41 Å². The first-order chi connectivity index (χ1) is 17.6. The van der Waals surface area contributed by atoms with Crippen molar-refractivity contribution in [2.75, 3.05) is 27.0 Å². The van der Waals surface area contributed by atoms with E-state index in [0.29, 0.717) is 11.5 Å². The number of allylic oxidation sites excluding steroid dienone is 1. The van der Waals surface area contributed by atoms with Gasteiger partial charge in [0.2, 0.25) is 12.4 Å². The van der Waals surface area contributed by atoms with Gasteiger partial charge in [0, 0.05) is 13.0 Å². The zero-order chi connectivity index (χ0) is 26.0. The number of esters is 2. The largest absolute Gasteiger partial charge is 0.497 e. The summed E-state index contributed by atoms with van der Waals surface area (Å²) in [5.41, 5.74) is 0.607. The first-order valence-corrected chi connectivity index (χ1v) is 13.2. The van der Waals surface area contributed by atoms with Crippen molar-refractivity contribution in [1.29, 1.82) is 0 Å². The molecule has 5 aliphatic rings. The van der Waals surface area contributed by atoms with Gasteiger partial charge in [-0.2, -0.15) is 0 Å². The molecule has 4 atom stereocenters. The molecular formula is C29H35NO7. The molecular weight excluding hydrogens is 474 g/mol. The maximum absolute atomic E-state index is 13.7. The Kier molecular flexibility index (Phi) is 5.60. The Morgan fingerprint density at radius 3 is 2.68 bits per heavy atom. The van der Waals surface area contributed by atoms with Crippen molar-refractivity contribution >= 4 is 11.9 Å². The summed E-state index contributed by atoms with van der Waals surface area (Å²) in [4.78, 5) is 28.2. The van der Waals surface area contributed by atoms with E-state index in [9.17, 15) is 9.59 Å². The van der Waals surface area contributed by atoms with Crippen LogP contribution in [0.15, 0.2) is 36.1 Å². The summed E-state index contributed by atoms with van der Waals surface area (Å²) in [5.74, 6) is 1.04. The second-order valence-electron chi connectivity index (χ2n) is 11.9. The second-order valence-corrected chi connectivity index (χ2v) is 11.9. The van der Waals surface area contributed by atoms with E-state index >= 15 is 0 Å². The molecule has 0 radical (unpaired) electrons. The van der Waals surface area contributed by atoms with Gasteiger partial charge in [-0.25, -0.2) is 4.79 Å². The summed E-state index contributed by atoms with van der Waals surface area (Å²) in [5, 5.41) is 0. The molecule has 1 aromatic rings. The number of hydrogen-bond donors (Lipinski definition) is 0. The van der Waals surface area contributed by atoms with Crippen LogP contribution < -0.4 is 9.47 Å². The van der Waals surface area contributed by atoms with E-state index in [1.807, 2.05) is 12.2 Å². The lowest BCUT2D eigenvalue weighted by molar-refractivity contribution is -0.210. The fourth-order valence-corrected chi connectivity index (χ4v) is 6.67. The summed E-state index contributed by atoms with van der Waals surface area (Å²) < 4.78 is 29.1. The van der Waals surface area contributed by atoms with Gasteiger partial charge < -0.3 is 23.7 Å². The van der Waals surface area contributed by atoms with Crippen molar-refractivity contribution in [3.8, 4) is 11.5 Å². The van der Waals surface area contributed by atoms with E-state index in [4.69, 9.17) is 23.7 Å². The van der Waals surface area contributed by atoms with Gasteiger partial charge in [-0.05, 0) is 60.6 Å². The molecule has 6 rings (SSSR count). The van der Waals surface area contributed by atoms with Crippen molar-refractivity contribution in [3.63, 3.8) is 0 Å². The molecule has 1 spiro atoms. The van der Waals surface area contributed by atoms with Crippen LogP contribution >= 0.6 is 0 Å². The highest BCUT2D eigenvalue weighted by atomic mass is 16.7. The molecule has 1 aliphatic carbocycles. The van der Waals surface area contributed by atoms with Gasteiger partial charge >= 0.3 is 11.9 Å². The van der Waals surface area contributed by atoms with E-state index in [0.717, 1.165) is 43.7 Å². The van der Waals surface area contributed by atoms with Gasteiger partial charge in [0.1, 0.15) is 5.76 Å². The van der Waals surface area contributed by atoms with Crippen LogP contribution in [-0.4, -0.2) is 61.1 Å². The Bertz CT molecular complexity index is 1190. The Labute approximate surface area is 217 Å². The number of benzene rings is 1. The highest BCUT2D eigenvalue weighted by Gasteiger charge is 2.60. The van der Waals surface area contributed by atoms with E-state index in [-0.39, 0.29) is 42.5 Å². The summed E-state index contributed by atoms with van der Waals surface area (Å²) in [6.45, 7) is 8.32. The summed E-state index contributed by atoms with van der Waals surface area (Å²) in [7, 11) is 1.62. The van der Waals surface area contributed by atoms with Crippen LogP contribution in [0.5, 0.6) is 11.5 Å². The Morgan fingerprint density at radius 2 is 1.97 bits per heavy atom. The molecule has 0 amide bonds. The zero-order valence-corrected chi connectivity index (χ0v) is 22.0. The number of nitrogens with zero attached hydrogens (tertiary/aromatic N) is 1. The smallest absolute Gasteiger partial charge is 0.352 e. The maximum atomic E-state index is 13.7. The predicted molar refractivity (Wildman–Crippen MR) is 134 cm³/mol. The van der Waals surface area contributed by atoms with E-state index in [2.05, 4.69) is 43.9 Å². The normalized spacial score (nSPS) is 32.1. The molecule has 37 heavy (non-hydrogen) atoms. The molecule has 0 aromatic heterocycles. The number of cyclic esters (lactones) is 1. The minimum Gasteiger partial charge on any atom is -0.497 e. The second kappa shape index (κ2) is 8.51. The lowest BCUT2D eigenvalue weighted by Gasteiger charge is -2.41. The highest BCUT2D eigenvalue weighted by molar-refractivity contribution is 5.94. The molecule has 198 valence electrons. The van der Waals surface area contributed by atoms with Gasteiger partial charge in [0.15, 0.2) is 17.6 Å². The minimum absolute atomic E-state index is 0.0102. The number of hydrogen-bond acceptors (Lipinski definition) is 8. The van der Waals surface area contributed by atoms with Crippen LogP contribution in [-0.2, 0) is 30.2 Å². The third-order valence-electron chi connectivity index (χ3n) is 8.37. The summed E-state index contributed by atoms with van der Waals surface area (Å²) >= 11 is 0. The third kappa shape index (κ3) is 3.92. The molecule has 2 saturated heterocycles. The van der Waals surface area contributed by atoms with Crippen molar-refractivity contribution in [2.24, 2.45) is 5.41 Å². The Balaban J connectivity index is 1.37. The first-order valence-electron chi connectivity index (χ1n) is 13.2. The van der Waals surface area contributed by atoms with Gasteiger partial charge in [-0.3, -0.25) is 9.69 Å². The third-order valence-corrected chi connectivity index (χ3v) is 8.37. The van der Waals surface area contributed by atoms with Crippen molar-refractivity contribution in [2.45, 2.75) is 76.0 Å². The topological polar surface area (TPSA) is 83.5 Å². The van der Waals surface area contributed by atoms with Crippen LogP contribution in [0.2, 0.25) is 0 Å². The first kappa shape index (κ1) is 24.3. The molecule has 1 aromatic carbocycles. The molecule has 0 N–H and O–H groups in total. The highest BCUT2D eigenvalue weighted by Crippen LogP contribution is 2.56. The molecule has 0 bridgehead atoms. The number of carbonyl (C=O) groups excluding carboxylic acids is 2. The zero-order valence-electron chi connectivity index (χ0n) is 22.0. The SMILES string of the molecule is COC1=C[C@]23CCCN2CCc2cc4c(cc2[C@@H]3[C@@H]1OC(=O)[C@@]1(C/C=C/C(C)(C)C)CC(=O)O1)OCO4. The lowest BCUT2D eigenvalue weighted by Crippen LogP contribution is -2.56. The predicted octanol–water partition coefficient (Wildman–Crippen LogP) is 4.02. The van der Waals surface area contributed by atoms with Crippen molar-refractivity contribution in [1.82, 2.24) is 4.90 Å². The van der Waals surface area contributed by atoms with Crippen molar-refractivity contribution < 1.29 is 33.3 Å². The Hall–Kier alpha value is -3.00. The maximum Gasteiger partial charge on any atom is 0.352 e. The van der Waals surface area contributed by atoms with E-state index in [1.165, 1.54) is 5.56 Å². The minimum atomic E-state index is -1.30. The standard InChI is InChI=1S/C29H35NO7/c1-27(2,3)8-5-10-29(16-23(31)37-29)26(32)36-25-22(33-4)15-28-9-6-11-30(28)12-7-18-13-20-21(35-17-34-20)14-19(18)24(25)28/h5,8,13-15,24-25H,6-7,9-12,16-17H2,1-4H3/b8-5+/t24-,25-,28+,29-/m1/s1. The van der Waals surface area contributed by atoms with Gasteiger partial charge in [-0.1, -0.05) is 32.9 Å². The fourth-order valence-electron chi connectivity index (χ4n) is 6.67. The number of ether oxygens (including phenoxy) is 5. The Morgan fingerprint density at radius 1 is 1.22 bits per heavy atom. The molecule has 8 heteroatoms. The molecule has 0 saturated carbocycles. The molecule has 4 heterocycles. The number of carbonyl (C=O) groups is 2. The monoisotopic (exact) mass is 509 g/mol.